The Morgan fingerprint density at radius 1 is 1.38 bits per heavy atom. The van der Waals surface area contributed by atoms with Crippen molar-refractivity contribution >= 4 is 11.6 Å². The molecule has 1 aliphatic rings. The quantitative estimate of drug-likeness (QED) is 0.680. The summed E-state index contributed by atoms with van der Waals surface area (Å²) in [7, 11) is 0. The standard InChI is InChI=1S/C11H18N4O/c12-10-6-15-11(7-14-10)13-4-1-5-16-8-9-2-3-9/h6-7,9H,1-5,8H2,(H2,12,14)(H,13,15). The maximum Gasteiger partial charge on any atom is 0.144 e. The van der Waals surface area contributed by atoms with Crippen LogP contribution in [0.5, 0.6) is 0 Å². The van der Waals surface area contributed by atoms with Crippen molar-refractivity contribution in [3.63, 3.8) is 0 Å². The second-order valence-electron chi connectivity index (χ2n) is 4.13. The molecule has 1 saturated carbocycles. The number of aromatic nitrogens is 2. The van der Waals surface area contributed by atoms with Crippen LogP contribution in [-0.4, -0.2) is 29.7 Å². The van der Waals surface area contributed by atoms with Gasteiger partial charge < -0.3 is 15.8 Å². The van der Waals surface area contributed by atoms with E-state index < -0.39 is 0 Å². The summed E-state index contributed by atoms with van der Waals surface area (Å²) in [6.07, 6.45) is 6.86. The van der Waals surface area contributed by atoms with Crippen molar-refractivity contribution < 1.29 is 4.74 Å². The third-order valence-electron chi connectivity index (χ3n) is 2.49. The Kier molecular flexibility index (Phi) is 3.93. The Hall–Kier alpha value is -1.36. The van der Waals surface area contributed by atoms with E-state index in [1.165, 1.54) is 12.8 Å². The van der Waals surface area contributed by atoms with E-state index in [9.17, 15) is 0 Å². The summed E-state index contributed by atoms with van der Waals surface area (Å²) < 4.78 is 5.52. The van der Waals surface area contributed by atoms with Crippen LogP contribution in [0.4, 0.5) is 11.6 Å². The number of nitrogens with one attached hydrogen (secondary N) is 1. The van der Waals surface area contributed by atoms with E-state index in [1.807, 2.05) is 0 Å². The third-order valence-corrected chi connectivity index (χ3v) is 2.49. The number of hydrogen-bond acceptors (Lipinski definition) is 5. The summed E-state index contributed by atoms with van der Waals surface area (Å²) in [5, 5.41) is 3.17. The molecule has 1 heterocycles. The minimum Gasteiger partial charge on any atom is -0.382 e. The number of rotatable bonds is 7. The van der Waals surface area contributed by atoms with Crippen molar-refractivity contribution in [3.8, 4) is 0 Å². The van der Waals surface area contributed by atoms with Gasteiger partial charge in [0.05, 0.1) is 12.4 Å². The Morgan fingerprint density at radius 3 is 2.94 bits per heavy atom. The number of hydrogen-bond donors (Lipinski definition) is 2. The molecule has 0 unspecified atom stereocenters. The van der Waals surface area contributed by atoms with Gasteiger partial charge >= 0.3 is 0 Å². The second-order valence-corrected chi connectivity index (χ2v) is 4.13. The first-order valence-corrected chi connectivity index (χ1v) is 5.74. The third kappa shape index (κ3) is 4.02. The molecule has 0 amide bonds. The van der Waals surface area contributed by atoms with Crippen LogP contribution >= 0.6 is 0 Å². The van der Waals surface area contributed by atoms with Crippen molar-refractivity contribution in [3.05, 3.63) is 12.4 Å². The minimum absolute atomic E-state index is 0.443. The van der Waals surface area contributed by atoms with Crippen molar-refractivity contribution in [2.45, 2.75) is 19.3 Å². The van der Waals surface area contributed by atoms with Crippen molar-refractivity contribution in [1.82, 2.24) is 9.97 Å². The van der Waals surface area contributed by atoms with Crippen LogP contribution in [0.25, 0.3) is 0 Å². The van der Waals surface area contributed by atoms with Crippen molar-refractivity contribution in [2.75, 3.05) is 30.8 Å². The molecule has 0 aliphatic heterocycles. The molecule has 0 spiro atoms. The summed E-state index contributed by atoms with van der Waals surface area (Å²) in [4.78, 5) is 8.04. The van der Waals surface area contributed by atoms with Gasteiger partial charge in [-0.25, -0.2) is 9.97 Å². The average Bonchev–Trinajstić information content (AvgIpc) is 3.10. The molecule has 1 aromatic rings. The summed E-state index contributed by atoms with van der Waals surface area (Å²) >= 11 is 0. The van der Waals surface area contributed by atoms with E-state index in [1.54, 1.807) is 12.4 Å². The van der Waals surface area contributed by atoms with Gasteiger partial charge in [-0.2, -0.15) is 0 Å². The van der Waals surface area contributed by atoms with E-state index in [2.05, 4.69) is 15.3 Å². The van der Waals surface area contributed by atoms with E-state index in [0.29, 0.717) is 5.82 Å². The molecule has 0 radical (unpaired) electrons. The fourth-order valence-electron chi connectivity index (χ4n) is 1.35. The van der Waals surface area contributed by atoms with Gasteiger partial charge in [-0.05, 0) is 25.2 Å². The zero-order valence-electron chi connectivity index (χ0n) is 9.35. The number of nitrogens with zero attached hydrogens (tertiary/aromatic N) is 2. The molecule has 1 aromatic heterocycles. The number of nitrogens with two attached hydrogens (primary N) is 1. The fraction of sp³-hybridized carbons (Fsp3) is 0.636. The molecule has 5 nitrogen and oxygen atoms in total. The Balaban J connectivity index is 1.51. The SMILES string of the molecule is Nc1cnc(NCCCOCC2CC2)cn1. The molecular weight excluding hydrogens is 204 g/mol. The first-order valence-electron chi connectivity index (χ1n) is 5.74. The monoisotopic (exact) mass is 222 g/mol. The molecule has 5 heteroatoms. The molecule has 16 heavy (non-hydrogen) atoms. The average molecular weight is 222 g/mol. The van der Waals surface area contributed by atoms with Crippen LogP contribution in [0, 0.1) is 5.92 Å². The molecule has 2 rings (SSSR count). The highest BCUT2D eigenvalue weighted by Gasteiger charge is 2.20. The van der Waals surface area contributed by atoms with Gasteiger partial charge in [0, 0.05) is 19.8 Å². The number of anilines is 2. The molecule has 1 fully saturated rings. The molecule has 88 valence electrons. The predicted molar refractivity (Wildman–Crippen MR) is 63.1 cm³/mol. The number of nitrogen functional groups attached to an aromatic ring is 1. The van der Waals surface area contributed by atoms with Crippen LogP contribution in [-0.2, 0) is 4.74 Å². The molecule has 0 saturated heterocycles. The van der Waals surface area contributed by atoms with Crippen LogP contribution in [0.2, 0.25) is 0 Å². The first kappa shape index (κ1) is 11.1. The van der Waals surface area contributed by atoms with E-state index in [-0.39, 0.29) is 0 Å². The highest BCUT2D eigenvalue weighted by atomic mass is 16.5. The maximum atomic E-state index is 5.52. The van der Waals surface area contributed by atoms with Gasteiger partial charge in [0.2, 0.25) is 0 Å². The van der Waals surface area contributed by atoms with Gasteiger partial charge in [-0.1, -0.05) is 0 Å². The Bertz CT molecular complexity index is 310. The second kappa shape index (κ2) is 5.65. The Morgan fingerprint density at radius 2 is 2.25 bits per heavy atom. The smallest absolute Gasteiger partial charge is 0.144 e. The van der Waals surface area contributed by atoms with Crippen LogP contribution < -0.4 is 11.1 Å². The molecule has 0 bridgehead atoms. The largest absolute Gasteiger partial charge is 0.382 e. The van der Waals surface area contributed by atoms with Crippen molar-refractivity contribution in [1.29, 1.82) is 0 Å². The van der Waals surface area contributed by atoms with Crippen LogP contribution in [0.15, 0.2) is 12.4 Å². The zero-order valence-corrected chi connectivity index (χ0v) is 9.35. The lowest BCUT2D eigenvalue weighted by Crippen LogP contribution is -2.08. The van der Waals surface area contributed by atoms with Crippen LogP contribution in [0.1, 0.15) is 19.3 Å². The predicted octanol–water partition coefficient (Wildman–Crippen LogP) is 1.29. The maximum absolute atomic E-state index is 5.52. The lowest BCUT2D eigenvalue weighted by atomic mass is 10.4. The summed E-state index contributed by atoms with van der Waals surface area (Å²) in [5.41, 5.74) is 5.43. The Labute approximate surface area is 95.4 Å². The highest BCUT2D eigenvalue weighted by molar-refractivity contribution is 5.35. The molecule has 1 aliphatic carbocycles. The summed E-state index contributed by atoms with van der Waals surface area (Å²) in [6.45, 7) is 2.59. The first-order chi connectivity index (χ1) is 7.84. The van der Waals surface area contributed by atoms with E-state index in [4.69, 9.17) is 10.5 Å². The van der Waals surface area contributed by atoms with Crippen molar-refractivity contribution in [2.24, 2.45) is 5.92 Å². The molecule has 0 aromatic carbocycles. The lowest BCUT2D eigenvalue weighted by molar-refractivity contribution is 0.124. The topological polar surface area (TPSA) is 73.1 Å². The van der Waals surface area contributed by atoms with Gasteiger partial charge in [0.1, 0.15) is 11.6 Å². The fourth-order valence-corrected chi connectivity index (χ4v) is 1.35. The van der Waals surface area contributed by atoms with Gasteiger partial charge in [-0.3, -0.25) is 0 Å². The molecular formula is C11H18N4O. The van der Waals surface area contributed by atoms with Crippen LogP contribution in [0.3, 0.4) is 0 Å². The van der Waals surface area contributed by atoms with Gasteiger partial charge in [0.25, 0.3) is 0 Å². The van der Waals surface area contributed by atoms with Gasteiger partial charge in [0.15, 0.2) is 0 Å². The number of ether oxygens (including phenoxy) is 1. The summed E-state index contributed by atoms with van der Waals surface area (Å²) in [5.74, 6) is 2.05. The highest BCUT2D eigenvalue weighted by Crippen LogP contribution is 2.28. The molecule has 3 N–H and O–H groups in total. The lowest BCUT2D eigenvalue weighted by Gasteiger charge is -2.05. The minimum atomic E-state index is 0.443. The van der Waals surface area contributed by atoms with E-state index in [0.717, 1.165) is 37.9 Å². The summed E-state index contributed by atoms with van der Waals surface area (Å²) in [6, 6.07) is 0. The van der Waals surface area contributed by atoms with Gasteiger partial charge in [-0.15, -0.1) is 0 Å². The van der Waals surface area contributed by atoms with E-state index >= 15 is 0 Å². The zero-order chi connectivity index (χ0) is 11.2. The molecule has 0 atom stereocenters. The normalized spacial score (nSPS) is 15.0.